The Bertz CT molecular complexity index is 3260. The highest BCUT2D eigenvalue weighted by molar-refractivity contribution is 7.98. The molecule has 5 heterocycles. The van der Waals surface area contributed by atoms with E-state index in [4.69, 9.17) is 24.4 Å². The quantitative estimate of drug-likeness (QED) is 0.0296. The number of hydrogen-bond acceptors (Lipinski definition) is 24. The molecule has 0 saturated carbocycles. The number of benzene rings is 3. The molecule has 0 aliphatic rings. The zero-order valence-electron chi connectivity index (χ0n) is 38.0. The summed E-state index contributed by atoms with van der Waals surface area (Å²) < 4.78 is 86.9. The van der Waals surface area contributed by atoms with E-state index in [9.17, 15) is 25.9 Å². The van der Waals surface area contributed by atoms with E-state index in [0.29, 0.717) is 102 Å². The van der Waals surface area contributed by atoms with Crippen LogP contribution < -0.4 is 29.9 Å². The molecule has 8 aromatic rings. The number of thioether (sulfide) groups is 1. The van der Waals surface area contributed by atoms with Gasteiger partial charge in [-0.15, -0.1) is 43.1 Å². The van der Waals surface area contributed by atoms with E-state index in [1.807, 2.05) is 70.2 Å². The number of anilines is 6. The van der Waals surface area contributed by atoms with E-state index in [2.05, 4.69) is 49.6 Å². The van der Waals surface area contributed by atoms with Crippen molar-refractivity contribution in [2.24, 2.45) is 20.5 Å². The Hall–Kier alpha value is -5.98. The van der Waals surface area contributed by atoms with Gasteiger partial charge in [-0.2, -0.15) is 40.5 Å². The van der Waals surface area contributed by atoms with Crippen LogP contribution in [0.15, 0.2) is 101 Å². The normalized spacial score (nSPS) is 12.2. The number of methoxy groups -OCH3 is 2. The lowest BCUT2D eigenvalue weighted by molar-refractivity contribution is 0.414. The van der Waals surface area contributed by atoms with E-state index in [1.165, 1.54) is 23.9 Å². The second-order valence-corrected chi connectivity index (χ2v) is 22.4. The van der Waals surface area contributed by atoms with Crippen LogP contribution in [0.4, 0.5) is 56.0 Å². The molecule has 5 aromatic heterocycles. The summed E-state index contributed by atoms with van der Waals surface area (Å²) in [4.78, 5) is 19.5. The predicted molar refractivity (Wildman–Crippen MR) is 278 cm³/mol. The van der Waals surface area contributed by atoms with Crippen molar-refractivity contribution in [2.75, 3.05) is 60.8 Å². The molecule has 0 unspecified atom stereocenters. The van der Waals surface area contributed by atoms with Crippen LogP contribution in [0.5, 0.6) is 11.5 Å². The number of nitrogens with one attached hydrogen (secondary N) is 2. The third-order valence-corrected chi connectivity index (χ3v) is 17.7. The number of thiophene rings is 2. The highest BCUT2D eigenvalue weighted by atomic mass is 32.3. The molecule has 3 aromatic carbocycles. The Morgan fingerprint density at radius 2 is 1.07 bits per heavy atom. The first-order chi connectivity index (χ1) is 33.6. The number of aromatic nitrogens is 5. The van der Waals surface area contributed by atoms with Crippen molar-refractivity contribution in [3.8, 4) is 11.5 Å². The monoisotopic (exact) mass is 1080 g/mol. The highest BCUT2D eigenvalue weighted by Gasteiger charge is 2.23. The first kappa shape index (κ1) is 50.4. The summed E-state index contributed by atoms with van der Waals surface area (Å²) in [6.45, 7) is 10.7. The summed E-state index contributed by atoms with van der Waals surface area (Å²) in [5, 5.41) is 26.8. The van der Waals surface area contributed by atoms with E-state index >= 15 is 0 Å². The van der Waals surface area contributed by atoms with Gasteiger partial charge in [-0.25, -0.2) is 0 Å². The minimum atomic E-state index is -4.46. The van der Waals surface area contributed by atoms with E-state index in [-0.39, 0.29) is 20.3 Å². The lowest BCUT2D eigenvalue weighted by atomic mass is 10.2. The summed E-state index contributed by atoms with van der Waals surface area (Å²) in [6, 6.07) is 19.7. The van der Waals surface area contributed by atoms with Crippen molar-refractivity contribution in [3.05, 3.63) is 72.3 Å². The van der Waals surface area contributed by atoms with E-state index in [0.717, 1.165) is 62.7 Å². The maximum atomic E-state index is 11.9. The zero-order chi connectivity index (χ0) is 49.7. The molecule has 4 N–H and O–H groups in total. The molecular weight excluding hydrogens is 1040 g/mol. The van der Waals surface area contributed by atoms with Gasteiger partial charge in [-0.05, 0) is 80.6 Å². The number of nitrogens with zero attached hydrogens (tertiary/aromatic N) is 11. The maximum Gasteiger partial charge on any atom is 0.304 e. The van der Waals surface area contributed by atoms with Crippen molar-refractivity contribution >= 4 is 154 Å². The molecule has 70 heavy (non-hydrogen) atoms. The van der Waals surface area contributed by atoms with Gasteiger partial charge < -0.3 is 29.9 Å². The van der Waals surface area contributed by atoms with Gasteiger partial charge >= 0.3 is 20.2 Å². The molecular formula is C42H43N13O8S7. The van der Waals surface area contributed by atoms with Crippen LogP contribution in [-0.4, -0.2) is 90.0 Å². The topological polar surface area (TPSA) is 272 Å². The number of rotatable bonds is 21. The van der Waals surface area contributed by atoms with Crippen molar-refractivity contribution in [1.29, 1.82) is 0 Å². The Kier molecular flexibility index (Phi) is 15.5. The molecule has 21 nitrogen and oxygen atoms in total. The van der Waals surface area contributed by atoms with Crippen LogP contribution in [-0.2, 0) is 26.0 Å². The fraction of sp³-hybridized carbons (Fsp3) is 0.262. The third-order valence-electron chi connectivity index (χ3n) is 10.4. The summed E-state index contributed by atoms with van der Waals surface area (Å²) >= 11 is 5.10. The van der Waals surface area contributed by atoms with Gasteiger partial charge in [0.25, 0.3) is 0 Å². The fourth-order valence-corrected chi connectivity index (χ4v) is 12.7. The van der Waals surface area contributed by atoms with Crippen LogP contribution in [0.1, 0.15) is 33.3 Å². The summed E-state index contributed by atoms with van der Waals surface area (Å²) in [7, 11) is -5.80. The first-order valence-corrected chi connectivity index (χ1v) is 28.1. The standard InChI is InChI=1S/C42H43N13O8S7/c1-7-54(8-2)30-18-26(28(20-32(30)62-5)48-50-36-24-16-34(69(56,57)58)65-38(24)52-67-36)43-40-45-41(47-42(46-40)64-22-23-14-12-11-13-15-23)44-27-19-31(55(9-3)10-4)33(63-6)21-29(27)49-51-37-25-17-35(70(59,60)61)66-39(25)53-68-37/h11-21H,7-10,22H2,1-6H3,(H,56,57,58)(H,59,60,61)(H2,43,44,45,46,47)/b50-48+,51-49+. The number of hydrogen-bond donors (Lipinski definition) is 4. The van der Waals surface area contributed by atoms with Gasteiger partial charge in [0.2, 0.25) is 11.9 Å². The molecule has 0 spiro atoms. The lowest BCUT2D eigenvalue weighted by Crippen LogP contribution is -2.22. The number of fused-ring (bicyclic) bond motifs is 2. The molecule has 0 aliphatic carbocycles. The molecule has 366 valence electrons. The number of azo groups is 2. The minimum absolute atomic E-state index is 0.135. The molecule has 28 heteroatoms. The van der Waals surface area contributed by atoms with Gasteiger partial charge in [-0.1, -0.05) is 42.1 Å². The first-order valence-electron chi connectivity index (χ1n) is 21.1. The van der Waals surface area contributed by atoms with Crippen molar-refractivity contribution < 1.29 is 35.4 Å². The summed E-state index contributed by atoms with van der Waals surface area (Å²) in [5.74, 6) is 1.83. The van der Waals surface area contributed by atoms with Gasteiger partial charge in [0.15, 0.2) is 15.2 Å². The van der Waals surface area contributed by atoms with Crippen molar-refractivity contribution in [1.82, 2.24) is 23.7 Å². The minimum Gasteiger partial charge on any atom is -0.494 e. The van der Waals surface area contributed by atoms with Crippen LogP contribution in [0, 0.1) is 0 Å². The predicted octanol–water partition coefficient (Wildman–Crippen LogP) is 12.0. The van der Waals surface area contributed by atoms with E-state index in [1.54, 1.807) is 26.4 Å². The average molecular weight is 1080 g/mol. The SMILES string of the molecule is CCN(CC)c1cc(Nc2nc(Nc3cc(N(CC)CC)c(OC)cc3/N=N/c3snc4sc(S(=O)(=O)O)cc34)nc(SCc3ccccc3)n2)c(/N=N/c2snc3sc(S(=O)(=O)O)cc23)cc1OC. The van der Waals surface area contributed by atoms with Crippen molar-refractivity contribution in [2.45, 2.75) is 47.0 Å². The smallest absolute Gasteiger partial charge is 0.304 e. The van der Waals surface area contributed by atoms with Crippen LogP contribution in [0.2, 0.25) is 0 Å². The summed E-state index contributed by atoms with van der Waals surface area (Å²) in [5.41, 5.74) is 4.07. The van der Waals surface area contributed by atoms with Crippen molar-refractivity contribution in [3.63, 3.8) is 0 Å². The van der Waals surface area contributed by atoms with Crippen LogP contribution in [0.25, 0.3) is 20.4 Å². The van der Waals surface area contributed by atoms with Gasteiger partial charge in [0.1, 0.15) is 41.0 Å². The lowest BCUT2D eigenvalue weighted by Gasteiger charge is -2.25. The molecule has 0 fully saturated rings. The number of ether oxygens (including phenoxy) is 2. The average Bonchev–Trinajstić information content (AvgIpc) is 4.14. The Morgan fingerprint density at radius 1 is 0.629 bits per heavy atom. The molecule has 0 aliphatic heterocycles. The summed E-state index contributed by atoms with van der Waals surface area (Å²) in [6.07, 6.45) is 0. The Balaban J connectivity index is 1.24. The molecule has 0 saturated heterocycles. The molecule has 8 rings (SSSR count). The third kappa shape index (κ3) is 11.3. The van der Waals surface area contributed by atoms with Gasteiger partial charge in [-0.3, -0.25) is 9.11 Å². The second kappa shape index (κ2) is 21.6. The molecule has 0 amide bonds. The van der Waals surface area contributed by atoms with Crippen LogP contribution >= 0.6 is 57.5 Å². The van der Waals surface area contributed by atoms with Gasteiger partial charge in [0.05, 0.1) is 47.7 Å². The zero-order valence-corrected chi connectivity index (χ0v) is 43.7. The fourth-order valence-electron chi connectivity index (χ4n) is 6.95. The Labute approximate surface area is 422 Å². The molecule has 0 atom stereocenters. The largest absolute Gasteiger partial charge is 0.494 e. The second-order valence-electron chi connectivity index (χ2n) is 14.6. The van der Waals surface area contributed by atoms with Crippen LogP contribution in [0.3, 0.4) is 0 Å². The Morgan fingerprint density at radius 3 is 1.47 bits per heavy atom. The van der Waals surface area contributed by atoms with E-state index < -0.39 is 20.2 Å². The maximum absolute atomic E-state index is 11.9. The highest BCUT2D eigenvalue weighted by Crippen LogP contribution is 2.45. The molecule has 0 bridgehead atoms. The van der Waals surface area contributed by atoms with Gasteiger partial charge in [0, 0.05) is 44.1 Å². The molecule has 0 radical (unpaired) electrons.